The normalized spacial score (nSPS) is 23.0. The number of hydrogen-bond acceptors (Lipinski definition) is 6. The SMILES string of the molecule is [2H]C([2H])([2H])C1(C([2H])([2H])[2H])Oc2ncc(-c3nc(-c4ccc(Cl)cc4)no3)cc2C[C@H]1O. The van der Waals surface area contributed by atoms with Crippen LogP contribution in [0.5, 0.6) is 5.88 Å². The maximum absolute atomic E-state index is 10.5. The Morgan fingerprint density at radius 3 is 2.84 bits per heavy atom. The molecule has 7 heteroatoms. The predicted octanol–water partition coefficient (Wildman–Crippen LogP) is 3.53. The van der Waals surface area contributed by atoms with Crippen molar-refractivity contribution in [3.8, 4) is 28.7 Å². The highest BCUT2D eigenvalue weighted by atomic mass is 35.5. The number of pyridine rings is 1. The van der Waals surface area contributed by atoms with Crippen LogP contribution >= 0.6 is 11.6 Å². The minimum absolute atomic E-state index is 0.137. The van der Waals surface area contributed by atoms with Gasteiger partial charge in [-0.3, -0.25) is 0 Å². The van der Waals surface area contributed by atoms with Crippen molar-refractivity contribution in [1.82, 2.24) is 15.1 Å². The molecule has 6 nitrogen and oxygen atoms in total. The van der Waals surface area contributed by atoms with E-state index in [1.807, 2.05) is 0 Å². The number of aromatic nitrogens is 3. The van der Waals surface area contributed by atoms with E-state index in [4.69, 9.17) is 29.1 Å². The fourth-order valence-corrected chi connectivity index (χ4v) is 2.61. The lowest BCUT2D eigenvalue weighted by atomic mass is 9.92. The molecule has 128 valence electrons. The minimum atomic E-state index is -3.12. The number of nitrogens with zero attached hydrogens (tertiary/aromatic N) is 3. The molecule has 2 aromatic heterocycles. The molecule has 0 amide bonds. The Hall–Kier alpha value is -2.44. The van der Waals surface area contributed by atoms with Crippen LogP contribution < -0.4 is 4.74 Å². The molecule has 3 aromatic rings. The summed E-state index contributed by atoms with van der Waals surface area (Å²) in [5.74, 6) is 0.279. The molecule has 25 heavy (non-hydrogen) atoms. The van der Waals surface area contributed by atoms with Crippen LogP contribution in [0.25, 0.3) is 22.8 Å². The van der Waals surface area contributed by atoms with Crippen molar-refractivity contribution in [2.24, 2.45) is 0 Å². The van der Waals surface area contributed by atoms with Gasteiger partial charge in [-0.05, 0) is 44.0 Å². The standard InChI is InChI=1S/C18H16ClN3O3/c1-18(2)14(23)8-11-7-12(9-20-16(11)24-18)17-21-15(22-25-17)10-3-5-13(19)6-4-10/h3-7,9,14,23H,8H2,1-2H3/t14-/m1/s1/i1D3,2D3. The first-order valence-corrected chi connectivity index (χ1v) is 7.76. The second kappa shape index (κ2) is 5.82. The fraction of sp³-hybridized carbons (Fsp3) is 0.278. The molecule has 0 spiro atoms. The molecule has 3 heterocycles. The van der Waals surface area contributed by atoms with Crippen LogP contribution in [0, 0.1) is 0 Å². The van der Waals surface area contributed by atoms with Crippen LogP contribution in [0.1, 0.15) is 27.5 Å². The third-order valence-electron chi connectivity index (χ3n) is 3.84. The Bertz CT molecular complexity index is 1100. The zero-order chi connectivity index (χ0) is 22.6. The van der Waals surface area contributed by atoms with E-state index in [0.717, 1.165) is 0 Å². The lowest BCUT2D eigenvalue weighted by Gasteiger charge is -2.36. The summed E-state index contributed by atoms with van der Waals surface area (Å²) < 4.78 is 56.8. The van der Waals surface area contributed by atoms with Crippen LogP contribution in [0.2, 0.25) is 5.02 Å². The van der Waals surface area contributed by atoms with Crippen molar-refractivity contribution in [1.29, 1.82) is 0 Å². The lowest BCUT2D eigenvalue weighted by Crippen LogP contribution is -2.46. The highest BCUT2D eigenvalue weighted by Crippen LogP contribution is 2.34. The van der Waals surface area contributed by atoms with Gasteiger partial charge >= 0.3 is 0 Å². The van der Waals surface area contributed by atoms with E-state index in [1.54, 1.807) is 24.3 Å². The zero-order valence-corrected chi connectivity index (χ0v) is 13.5. The maximum Gasteiger partial charge on any atom is 0.259 e. The third kappa shape index (κ3) is 2.99. The van der Waals surface area contributed by atoms with Gasteiger partial charge in [0.25, 0.3) is 5.89 Å². The molecular weight excluding hydrogens is 342 g/mol. The lowest BCUT2D eigenvalue weighted by molar-refractivity contribution is -0.0442. The highest BCUT2D eigenvalue weighted by Gasteiger charge is 2.36. The summed E-state index contributed by atoms with van der Waals surface area (Å²) in [4.78, 5) is 8.38. The first kappa shape index (κ1) is 10.5. The monoisotopic (exact) mass is 363 g/mol. The van der Waals surface area contributed by atoms with E-state index < -0.39 is 25.4 Å². The quantitative estimate of drug-likeness (QED) is 0.750. The van der Waals surface area contributed by atoms with Gasteiger partial charge in [0.15, 0.2) is 0 Å². The number of benzene rings is 1. The summed E-state index contributed by atoms with van der Waals surface area (Å²) in [6.07, 6.45) is -0.797. The molecule has 0 aliphatic carbocycles. The van der Waals surface area contributed by atoms with Gasteiger partial charge in [0, 0.05) is 37.0 Å². The average molecular weight is 364 g/mol. The van der Waals surface area contributed by atoms with Gasteiger partial charge in [0.2, 0.25) is 11.7 Å². The second-order valence-corrected chi connectivity index (χ2v) is 6.11. The van der Waals surface area contributed by atoms with Crippen LogP contribution in [0.15, 0.2) is 41.1 Å². The summed E-state index contributed by atoms with van der Waals surface area (Å²) in [6, 6.07) is 8.38. The predicted molar refractivity (Wildman–Crippen MR) is 92.4 cm³/mol. The number of rotatable bonds is 2. The van der Waals surface area contributed by atoms with Crippen LogP contribution in [0.3, 0.4) is 0 Å². The molecule has 0 bridgehead atoms. The number of hydrogen-bond donors (Lipinski definition) is 1. The number of halogens is 1. The fourth-order valence-electron chi connectivity index (χ4n) is 2.48. The molecule has 0 unspecified atom stereocenters. The minimum Gasteiger partial charge on any atom is -0.469 e. The molecule has 0 fully saturated rings. The molecule has 1 aliphatic heterocycles. The van der Waals surface area contributed by atoms with Crippen LogP contribution in [-0.4, -0.2) is 31.9 Å². The van der Waals surface area contributed by atoms with E-state index in [0.29, 0.717) is 27.5 Å². The molecule has 0 saturated carbocycles. The van der Waals surface area contributed by atoms with Crippen molar-refractivity contribution in [2.45, 2.75) is 31.8 Å². The molecule has 1 aromatic carbocycles. The number of fused-ring (bicyclic) bond motifs is 1. The van der Waals surface area contributed by atoms with Crippen molar-refractivity contribution in [3.63, 3.8) is 0 Å². The zero-order valence-electron chi connectivity index (χ0n) is 18.7. The van der Waals surface area contributed by atoms with Gasteiger partial charge in [-0.25, -0.2) is 4.98 Å². The topological polar surface area (TPSA) is 81.3 Å². The molecule has 0 saturated heterocycles. The molecule has 1 atom stereocenters. The summed E-state index contributed by atoms with van der Waals surface area (Å²) >= 11 is 5.88. The highest BCUT2D eigenvalue weighted by molar-refractivity contribution is 6.30. The molecule has 4 rings (SSSR count). The Morgan fingerprint density at radius 2 is 2.08 bits per heavy atom. The Kier molecular flexibility index (Phi) is 2.45. The van der Waals surface area contributed by atoms with E-state index in [9.17, 15) is 5.11 Å². The summed E-state index contributed by atoms with van der Waals surface area (Å²) in [5, 5.41) is 15.0. The Labute approximate surface area is 157 Å². The first-order chi connectivity index (χ1) is 14.4. The largest absolute Gasteiger partial charge is 0.469 e. The number of aliphatic hydroxyl groups is 1. The molecule has 0 radical (unpaired) electrons. The smallest absolute Gasteiger partial charge is 0.259 e. The van der Waals surface area contributed by atoms with E-state index in [-0.39, 0.29) is 18.2 Å². The van der Waals surface area contributed by atoms with Crippen LogP contribution in [0.4, 0.5) is 0 Å². The van der Waals surface area contributed by atoms with Gasteiger partial charge in [-0.15, -0.1) is 0 Å². The van der Waals surface area contributed by atoms with Gasteiger partial charge in [0.05, 0.1) is 11.7 Å². The molecular formula is C18H16ClN3O3. The van der Waals surface area contributed by atoms with Gasteiger partial charge in [0.1, 0.15) is 5.60 Å². The van der Waals surface area contributed by atoms with E-state index >= 15 is 0 Å². The first-order valence-electron chi connectivity index (χ1n) is 10.4. The van der Waals surface area contributed by atoms with Crippen molar-refractivity contribution < 1.29 is 22.6 Å². The molecule has 1 aliphatic rings. The second-order valence-electron chi connectivity index (χ2n) is 5.68. The van der Waals surface area contributed by atoms with Crippen LogP contribution in [-0.2, 0) is 6.42 Å². The summed E-state index contributed by atoms with van der Waals surface area (Å²) in [7, 11) is 0. The van der Waals surface area contributed by atoms with Crippen molar-refractivity contribution in [3.05, 3.63) is 47.1 Å². The van der Waals surface area contributed by atoms with Gasteiger partial charge < -0.3 is 14.4 Å². The van der Waals surface area contributed by atoms with Gasteiger partial charge in [-0.2, -0.15) is 4.98 Å². The number of ether oxygens (including phenoxy) is 1. The van der Waals surface area contributed by atoms with Crippen molar-refractivity contribution >= 4 is 11.6 Å². The summed E-state index contributed by atoms with van der Waals surface area (Å²) in [6.45, 7) is -6.23. The van der Waals surface area contributed by atoms with Crippen molar-refractivity contribution in [2.75, 3.05) is 0 Å². The third-order valence-corrected chi connectivity index (χ3v) is 4.09. The Balaban J connectivity index is 1.69. The van der Waals surface area contributed by atoms with E-state index in [2.05, 4.69) is 15.1 Å². The van der Waals surface area contributed by atoms with Gasteiger partial charge in [-0.1, -0.05) is 16.8 Å². The maximum atomic E-state index is 10.5. The molecule has 1 N–H and O–H groups in total. The van der Waals surface area contributed by atoms with E-state index in [1.165, 1.54) is 12.3 Å². The number of aliphatic hydroxyl groups excluding tert-OH is 1. The average Bonchev–Trinajstić information content (AvgIpc) is 3.15. The Morgan fingerprint density at radius 1 is 1.28 bits per heavy atom. The summed E-state index contributed by atoms with van der Waals surface area (Å²) in [5.41, 5.74) is -1.38.